The summed E-state index contributed by atoms with van der Waals surface area (Å²) in [6.45, 7) is 10.5. The van der Waals surface area contributed by atoms with Crippen LogP contribution in [0.4, 0.5) is 0 Å². The minimum Gasteiger partial charge on any atom is -0.397 e. The summed E-state index contributed by atoms with van der Waals surface area (Å²) in [5.41, 5.74) is 0.465. The lowest BCUT2D eigenvalue weighted by atomic mass is 10.1. The fourth-order valence-electron chi connectivity index (χ4n) is 2.32. The van der Waals surface area contributed by atoms with Crippen molar-refractivity contribution < 1.29 is 13.6 Å². The van der Waals surface area contributed by atoms with E-state index in [0.29, 0.717) is 5.54 Å². The molecular weight excluding hydrogens is 234 g/mol. The largest absolute Gasteiger partial charge is 0.397 e. The first-order valence-corrected chi connectivity index (χ1v) is 8.49. The average molecular weight is 261 g/mol. The summed E-state index contributed by atoms with van der Waals surface area (Å²) in [7, 11) is -1.60. The molecule has 17 heavy (non-hydrogen) atoms. The van der Waals surface area contributed by atoms with Crippen molar-refractivity contribution in [2.45, 2.75) is 45.3 Å². The molecule has 0 aliphatic carbocycles. The lowest BCUT2D eigenvalue weighted by molar-refractivity contribution is 0.0127. The molecule has 1 heterocycles. The van der Waals surface area contributed by atoms with E-state index in [1.165, 1.54) is 0 Å². The molecule has 1 fully saturated rings. The Kier molecular flexibility index (Phi) is 8.05. The van der Waals surface area contributed by atoms with Gasteiger partial charge in [-0.2, -0.15) is 0 Å². The summed E-state index contributed by atoms with van der Waals surface area (Å²) in [4.78, 5) is 0. The van der Waals surface area contributed by atoms with E-state index in [4.69, 9.17) is 13.6 Å². The number of nitrogens with one attached hydrogen (secondary N) is 1. The average Bonchev–Trinajstić information content (AvgIpc) is 2.37. The van der Waals surface area contributed by atoms with Crippen molar-refractivity contribution in [3.8, 4) is 0 Å². The van der Waals surface area contributed by atoms with Crippen LogP contribution in [0.5, 0.6) is 0 Å². The molecule has 5 heteroatoms. The minimum atomic E-state index is -1.60. The van der Waals surface area contributed by atoms with Crippen LogP contribution in [-0.2, 0) is 13.6 Å². The summed E-state index contributed by atoms with van der Waals surface area (Å²) in [6.07, 6.45) is 2.58. The van der Waals surface area contributed by atoms with E-state index in [0.717, 1.165) is 45.8 Å². The third kappa shape index (κ3) is 5.05. The van der Waals surface area contributed by atoms with E-state index in [2.05, 4.69) is 12.2 Å². The Balaban J connectivity index is 2.58. The van der Waals surface area contributed by atoms with Crippen molar-refractivity contribution >= 4 is 9.28 Å². The van der Waals surface area contributed by atoms with E-state index in [1.807, 2.05) is 13.8 Å². The predicted molar refractivity (Wildman–Crippen MR) is 71.7 cm³/mol. The summed E-state index contributed by atoms with van der Waals surface area (Å²) < 4.78 is 17.6. The van der Waals surface area contributed by atoms with E-state index < -0.39 is 9.28 Å². The van der Waals surface area contributed by atoms with Crippen LogP contribution in [-0.4, -0.2) is 48.3 Å². The van der Waals surface area contributed by atoms with E-state index in [9.17, 15) is 0 Å². The van der Waals surface area contributed by atoms with Gasteiger partial charge < -0.3 is 18.9 Å². The van der Waals surface area contributed by atoms with Crippen LogP contribution in [0, 0.1) is 0 Å². The molecule has 102 valence electrons. The first-order valence-electron chi connectivity index (χ1n) is 6.88. The Bertz CT molecular complexity index is 183. The molecule has 1 aliphatic heterocycles. The van der Waals surface area contributed by atoms with Crippen molar-refractivity contribution in [3.63, 3.8) is 0 Å². The lowest BCUT2D eigenvalue weighted by Gasteiger charge is -2.34. The van der Waals surface area contributed by atoms with Gasteiger partial charge in [0.1, 0.15) is 0 Å². The van der Waals surface area contributed by atoms with E-state index in [-0.39, 0.29) is 6.10 Å². The molecule has 1 rings (SSSR count). The van der Waals surface area contributed by atoms with Crippen molar-refractivity contribution in [2.75, 3.05) is 32.9 Å². The summed E-state index contributed by atoms with van der Waals surface area (Å²) >= 11 is 0. The van der Waals surface area contributed by atoms with Gasteiger partial charge in [-0.15, -0.1) is 0 Å². The normalized spacial score (nSPS) is 22.9. The van der Waals surface area contributed by atoms with Crippen LogP contribution in [0.25, 0.3) is 0 Å². The highest BCUT2D eigenvalue weighted by molar-refractivity contribution is 6.46. The zero-order valence-corrected chi connectivity index (χ0v) is 12.6. The second-order valence-electron chi connectivity index (χ2n) is 4.34. The second-order valence-corrected chi connectivity index (χ2v) is 6.60. The molecule has 1 N–H and O–H groups in total. The molecule has 0 saturated carbocycles. The van der Waals surface area contributed by atoms with Gasteiger partial charge in [0.25, 0.3) is 0 Å². The maximum atomic E-state index is 5.88. The fourth-order valence-corrected chi connectivity index (χ4v) is 4.77. The maximum absolute atomic E-state index is 5.88. The monoisotopic (exact) mass is 261 g/mol. The lowest BCUT2D eigenvalue weighted by Crippen LogP contribution is -2.46. The first kappa shape index (κ1) is 15.1. The summed E-state index contributed by atoms with van der Waals surface area (Å²) in [5.74, 6) is 0. The molecule has 0 aromatic rings. The Morgan fingerprint density at radius 1 is 1.29 bits per heavy atom. The van der Waals surface area contributed by atoms with Gasteiger partial charge in [-0.05, 0) is 20.3 Å². The smallest absolute Gasteiger partial charge is 0.327 e. The SMILES string of the molecule is CCCC(C1CNCCO1)[SiH](OCC)OCC. The third-order valence-corrected chi connectivity index (χ3v) is 5.85. The Morgan fingerprint density at radius 2 is 2.00 bits per heavy atom. The van der Waals surface area contributed by atoms with Crippen LogP contribution in [0.15, 0.2) is 0 Å². The number of hydrogen-bond donors (Lipinski definition) is 1. The van der Waals surface area contributed by atoms with Crippen molar-refractivity contribution in [1.29, 1.82) is 0 Å². The zero-order chi connectivity index (χ0) is 12.5. The van der Waals surface area contributed by atoms with Gasteiger partial charge in [0, 0.05) is 31.8 Å². The highest BCUT2D eigenvalue weighted by Crippen LogP contribution is 2.26. The maximum Gasteiger partial charge on any atom is 0.327 e. The van der Waals surface area contributed by atoms with Gasteiger partial charge in [0.15, 0.2) is 0 Å². The van der Waals surface area contributed by atoms with Crippen molar-refractivity contribution in [3.05, 3.63) is 0 Å². The fraction of sp³-hybridized carbons (Fsp3) is 1.00. The molecule has 0 amide bonds. The number of hydrogen-bond acceptors (Lipinski definition) is 4. The standard InChI is InChI=1S/C12H27NO3Si/c1-4-7-12(11-10-13-8-9-14-11)17(15-5-2)16-6-3/h11-13,17H,4-10H2,1-3H3. The molecule has 2 atom stereocenters. The highest BCUT2D eigenvalue weighted by Gasteiger charge is 2.34. The van der Waals surface area contributed by atoms with Gasteiger partial charge in [0.2, 0.25) is 0 Å². The first-order chi connectivity index (χ1) is 8.33. The predicted octanol–water partition coefficient (Wildman–Crippen LogP) is 1.44. The molecule has 4 nitrogen and oxygen atoms in total. The molecule has 0 spiro atoms. The van der Waals surface area contributed by atoms with Crippen LogP contribution in [0.2, 0.25) is 5.54 Å². The minimum absolute atomic E-state index is 0.276. The number of morpholine rings is 1. The van der Waals surface area contributed by atoms with Crippen LogP contribution >= 0.6 is 0 Å². The van der Waals surface area contributed by atoms with E-state index >= 15 is 0 Å². The molecule has 0 bridgehead atoms. The van der Waals surface area contributed by atoms with Crippen LogP contribution < -0.4 is 5.32 Å². The molecule has 0 aromatic heterocycles. The molecule has 1 aliphatic rings. The van der Waals surface area contributed by atoms with Gasteiger partial charge in [-0.3, -0.25) is 0 Å². The quantitative estimate of drug-likeness (QED) is 0.671. The summed E-state index contributed by atoms with van der Waals surface area (Å²) in [6, 6.07) is 0. The molecule has 2 unspecified atom stereocenters. The van der Waals surface area contributed by atoms with Crippen LogP contribution in [0.1, 0.15) is 33.6 Å². The topological polar surface area (TPSA) is 39.7 Å². The molecular formula is C12H27NO3Si. The Labute approximate surface area is 107 Å². The number of rotatable bonds is 8. The van der Waals surface area contributed by atoms with Crippen molar-refractivity contribution in [2.24, 2.45) is 0 Å². The second kappa shape index (κ2) is 9.05. The summed E-state index contributed by atoms with van der Waals surface area (Å²) in [5, 5.41) is 3.40. The number of ether oxygens (including phenoxy) is 1. The molecule has 0 aromatic carbocycles. The molecule has 0 radical (unpaired) electrons. The van der Waals surface area contributed by atoms with Crippen molar-refractivity contribution in [1.82, 2.24) is 5.32 Å². The molecule has 1 saturated heterocycles. The van der Waals surface area contributed by atoms with E-state index in [1.54, 1.807) is 0 Å². The van der Waals surface area contributed by atoms with Gasteiger partial charge in [-0.25, -0.2) is 0 Å². The van der Waals surface area contributed by atoms with Gasteiger partial charge in [-0.1, -0.05) is 13.3 Å². The Morgan fingerprint density at radius 3 is 2.47 bits per heavy atom. The highest BCUT2D eigenvalue weighted by atomic mass is 28.3. The third-order valence-electron chi connectivity index (χ3n) is 3.07. The Hall–Kier alpha value is 0.0569. The van der Waals surface area contributed by atoms with Gasteiger partial charge >= 0.3 is 9.28 Å². The van der Waals surface area contributed by atoms with Crippen LogP contribution in [0.3, 0.4) is 0 Å². The van der Waals surface area contributed by atoms with Gasteiger partial charge in [0.05, 0.1) is 12.7 Å². The zero-order valence-electron chi connectivity index (χ0n) is 11.4.